The first kappa shape index (κ1) is 11.4. The van der Waals surface area contributed by atoms with Crippen LogP contribution >= 0.6 is 15.9 Å². The van der Waals surface area contributed by atoms with Crippen molar-refractivity contribution in [1.82, 2.24) is 0 Å². The molecule has 14 heavy (non-hydrogen) atoms. The average Bonchev–Trinajstić information content (AvgIpc) is 2.18. The van der Waals surface area contributed by atoms with E-state index in [2.05, 4.69) is 15.9 Å². The predicted molar refractivity (Wildman–Crippen MR) is 58.5 cm³/mol. The maximum absolute atomic E-state index is 13.6. The molecule has 1 aromatic rings. The molecule has 0 aliphatic heterocycles. The summed E-state index contributed by atoms with van der Waals surface area (Å²) in [5.74, 6) is -0.504. The topological polar surface area (TPSA) is 17.1 Å². The van der Waals surface area contributed by atoms with Gasteiger partial charge < -0.3 is 0 Å². The van der Waals surface area contributed by atoms with E-state index >= 15 is 0 Å². The van der Waals surface area contributed by atoms with Gasteiger partial charge in [-0.15, -0.1) is 0 Å². The van der Waals surface area contributed by atoms with Crippen LogP contribution in [0.5, 0.6) is 0 Å². The van der Waals surface area contributed by atoms with Gasteiger partial charge in [-0.05, 0) is 18.1 Å². The molecule has 0 N–H and O–H groups in total. The summed E-state index contributed by atoms with van der Waals surface area (Å²) in [7, 11) is 0. The number of Topliss-reactive ketones (excluding diaryl/α,β-unsaturated/α-hetero) is 1. The number of halogens is 2. The maximum Gasteiger partial charge on any atom is 0.166 e. The molecule has 0 unspecified atom stereocenters. The summed E-state index contributed by atoms with van der Waals surface area (Å²) in [4.78, 5) is 11.5. The lowest BCUT2D eigenvalue weighted by atomic mass is 10.0. The Bertz CT molecular complexity index is 336. The van der Waals surface area contributed by atoms with Gasteiger partial charge in [0.15, 0.2) is 5.78 Å². The molecule has 76 valence electrons. The molecule has 0 heterocycles. The highest BCUT2D eigenvalue weighted by Gasteiger charge is 2.12. The van der Waals surface area contributed by atoms with Crippen molar-refractivity contribution in [2.75, 3.05) is 5.33 Å². The fourth-order valence-corrected chi connectivity index (χ4v) is 1.65. The third-order valence-electron chi connectivity index (χ3n) is 2.08. The minimum atomic E-state index is -0.360. The van der Waals surface area contributed by atoms with Crippen molar-refractivity contribution in [2.24, 2.45) is 0 Å². The number of hydrogen-bond acceptors (Lipinski definition) is 1. The Morgan fingerprint density at radius 1 is 1.50 bits per heavy atom. The first-order valence-electron chi connectivity index (χ1n) is 4.57. The molecule has 0 saturated carbocycles. The Balaban J connectivity index is 3.03. The van der Waals surface area contributed by atoms with Crippen molar-refractivity contribution in [3.8, 4) is 0 Å². The lowest BCUT2D eigenvalue weighted by Gasteiger charge is -2.04. The molecule has 0 aromatic heterocycles. The number of rotatable bonds is 4. The van der Waals surface area contributed by atoms with Gasteiger partial charge in [0.05, 0.1) is 5.56 Å². The molecule has 1 aromatic carbocycles. The van der Waals surface area contributed by atoms with Crippen LogP contribution in [0.25, 0.3) is 0 Å². The molecule has 0 atom stereocenters. The molecule has 0 spiro atoms. The third kappa shape index (κ3) is 2.41. The zero-order chi connectivity index (χ0) is 10.6. The maximum atomic E-state index is 13.6. The Kier molecular flexibility index (Phi) is 4.26. The smallest absolute Gasteiger partial charge is 0.166 e. The van der Waals surface area contributed by atoms with E-state index in [4.69, 9.17) is 0 Å². The summed E-state index contributed by atoms with van der Waals surface area (Å²) < 4.78 is 13.6. The van der Waals surface area contributed by atoms with Crippen molar-refractivity contribution >= 4 is 21.7 Å². The Hall–Kier alpha value is -0.700. The SMILES string of the molecule is CCc1cccc(C(=O)CCBr)c1F. The van der Waals surface area contributed by atoms with Crippen LogP contribution in [-0.2, 0) is 6.42 Å². The summed E-state index contributed by atoms with van der Waals surface area (Å²) >= 11 is 3.16. The molecule has 1 rings (SSSR count). The second-order valence-corrected chi connectivity index (χ2v) is 3.79. The lowest BCUT2D eigenvalue weighted by molar-refractivity contribution is 0.0986. The molecule has 1 nitrogen and oxygen atoms in total. The van der Waals surface area contributed by atoms with E-state index in [0.29, 0.717) is 23.7 Å². The van der Waals surface area contributed by atoms with Gasteiger partial charge in [-0.25, -0.2) is 4.39 Å². The van der Waals surface area contributed by atoms with Crippen molar-refractivity contribution in [1.29, 1.82) is 0 Å². The fraction of sp³-hybridized carbons (Fsp3) is 0.364. The van der Waals surface area contributed by atoms with Crippen LogP contribution in [0.1, 0.15) is 29.3 Å². The molecule has 0 saturated heterocycles. The minimum absolute atomic E-state index is 0.144. The fourth-order valence-electron chi connectivity index (χ4n) is 1.29. The molecule has 0 amide bonds. The zero-order valence-electron chi connectivity index (χ0n) is 8.02. The summed E-state index contributed by atoms with van der Waals surface area (Å²) in [5, 5.41) is 0.571. The van der Waals surface area contributed by atoms with Crippen molar-refractivity contribution < 1.29 is 9.18 Å². The van der Waals surface area contributed by atoms with Crippen LogP contribution in [0.2, 0.25) is 0 Å². The number of aryl methyl sites for hydroxylation is 1. The van der Waals surface area contributed by atoms with Gasteiger partial charge >= 0.3 is 0 Å². The van der Waals surface area contributed by atoms with Crippen LogP contribution in [-0.4, -0.2) is 11.1 Å². The number of ketones is 1. The summed E-state index contributed by atoms with van der Waals surface area (Å²) in [6.07, 6.45) is 0.950. The first-order chi connectivity index (χ1) is 6.70. The van der Waals surface area contributed by atoms with Crippen LogP contribution in [0, 0.1) is 5.82 Å². The highest BCUT2D eigenvalue weighted by Crippen LogP contribution is 2.15. The van der Waals surface area contributed by atoms with Gasteiger partial charge in [-0.3, -0.25) is 4.79 Å². The van der Waals surface area contributed by atoms with Gasteiger partial charge in [0.25, 0.3) is 0 Å². The van der Waals surface area contributed by atoms with Gasteiger partial charge in [-0.1, -0.05) is 35.0 Å². The van der Waals surface area contributed by atoms with Crippen LogP contribution in [0.15, 0.2) is 18.2 Å². The highest BCUT2D eigenvalue weighted by atomic mass is 79.9. The molecule has 0 fully saturated rings. The second-order valence-electron chi connectivity index (χ2n) is 2.99. The van der Waals surface area contributed by atoms with E-state index < -0.39 is 0 Å². The Morgan fingerprint density at radius 2 is 2.21 bits per heavy atom. The standard InChI is InChI=1S/C11H12BrFO/c1-2-8-4-3-5-9(11(8)13)10(14)6-7-12/h3-5H,2,6-7H2,1H3. The predicted octanol–water partition coefficient (Wildman–Crippen LogP) is 3.36. The Morgan fingerprint density at radius 3 is 2.79 bits per heavy atom. The molecule has 0 bridgehead atoms. The molecule has 3 heteroatoms. The molecule has 0 aliphatic rings. The first-order valence-corrected chi connectivity index (χ1v) is 5.69. The van der Waals surface area contributed by atoms with Gasteiger partial charge in [0.1, 0.15) is 5.82 Å². The van der Waals surface area contributed by atoms with Gasteiger partial charge in [0, 0.05) is 11.8 Å². The summed E-state index contributed by atoms with van der Waals surface area (Å²) in [5.41, 5.74) is 0.814. The normalized spacial score (nSPS) is 10.2. The van der Waals surface area contributed by atoms with Gasteiger partial charge in [0.2, 0.25) is 0 Å². The van der Waals surface area contributed by atoms with E-state index in [1.165, 1.54) is 0 Å². The van der Waals surface area contributed by atoms with E-state index in [1.54, 1.807) is 18.2 Å². The van der Waals surface area contributed by atoms with Gasteiger partial charge in [-0.2, -0.15) is 0 Å². The largest absolute Gasteiger partial charge is 0.294 e. The van der Waals surface area contributed by atoms with Crippen molar-refractivity contribution in [3.05, 3.63) is 35.1 Å². The summed E-state index contributed by atoms with van der Waals surface area (Å²) in [6, 6.07) is 4.98. The second kappa shape index (κ2) is 5.25. The number of carbonyl (C=O) groups excluding carboxylic acids is 1. The molecular formula is C11H12BrFO. The van der Waals surface area contributed by atoms with E-state index in [-0.39, 0.29) is 17.2 Å². The van der Waals surface area contributed by atoms with E-state index in [0.717, 1.165) is 0 Å². The quantitative estimate of drug-likeness (QED) is 0.598. The minimum Gasteiger partial charge on any atom is -0.294 e. The van der Waals surface area contributed by atoms with E-state index in [9.17, 15) is 9.18 Å². The van der Waals surface area contributed by atoms with E-state index in [1.807, 2.05) is 6.92 Å². The van der Waals surface area contributed by atoms with Crippen LogP contribution in [0.4, 0.5) is 4.39 Å². The zero-order valence-corrected chi connectivity index (χ0v) is 9.60. The number of benzene rings is 1. The molecular weight excluding hydrogens is 247 g/mol. The third-order valence-corrected chi connectivity index (χ3v) is 2.48. The number of carbonyl (C=O) groups is 1. The Labute approximate surface area is 91.5 Å². The number of alkyl halides is 1. The number of hydrogen-bond donors (Lipinski definition) is 0. The average molecular weight is 259 g/mol. The molecule has 0 aliphatic carbocycles. The monoisotopic (exact) mass is 258 g/mol. The van der Waals surface area contributed by atoms with Crippen LogP contribution < -0.4 is 0 Å². The lowest BCUT2D eigenvalue weighted by Crippen LogP contribution is -2.05. The van der Waals surface area contributed by atoms with Crippen LogP contribution in [0.3, 0.4) is 0 Å². The summed E-state index contributed by atoms with van der Waals surface area (Å²) in [6.45, 7) is 1.87. The highest BCUT2D eigenvalue weighted by molar-refractivity contribution is 9.09. The van der Waals surface area contributed by atoms with Crippen molar-refractivity contribution in [2.45, 2.75) is 19.8 Å². The van der Waals surface area contributed by atoms with Crippen molar-refractivity contribution in [3.63, 3.8) is 0 Å². The molecule has 0 radical (unpaired) electrons.